The Hall–Kier alpha value is -1.81. The zero-order valence-electron chi connectivity index (χ0n) is 10.8. The average Bonchev–Trinajstić information content (AvgIpc) is 2.74. The van der Waals surface area contributed by atoms with Crippen molar-refractivity contribution in [2.75, 3.05) is 0 Å². The Labute approximate surface area is 107 Å². The van der Waals surface area contributed by atoms with Crippen LogP contribution in [-0.4, -0.2) is 20.7 Å². The smallest absolute Gasteiger partial charge is 0.115 e. The lowest BCUT2D eigenvalue weighted by Crippen LogP contribution is -2.21. The highest BCUT2D eigenvalue weighted by Gasteiger charge is 2.01. The van der Waals surface area contributed by atoms with Crippen molar-refractivity contribution >= 4 is 0 Å². The first-order chi connectivity index (χ1) is 8.63. The highest BCUT2D eigenvalue weighted by atomic mass is 16.3. The third kappa shape index (κ3) is 3.60. The van der Waals surface area contributed by atoms with Crippen LogP contribution >= 0.6 is 0 Å². The Bertz CT molecular complexity index is 505. The maximum absolute atomic E-state index is 9.41. The van der Waals surface area contributed by atoms with E-state index in [2.05, 4.69) is 24.1 Å². The maximum atomic E-state index is 9.41. The van der Waals surface area contributed by atoms with Gasteiger partial charge in [-0.25, -0.2) is 4.98 Å². The lowest BCUT2D eigenvalue weighted by Gasteiger charge is -2.05. The number of phenols is 1. The fourth-order valence-corrected chi connectivity index (χ4v) is 1.76. The van der Waals surface area contributed by atoms with E-state index in [0.29, 0.717) is 11.8 Å². The van der Waals surface area contributed by atoms with Crippen molar-refractivity contribution in [1.29, 1.82) is 0 Å². The Kier molecular flexibility index (Phi) is 3.99. The molecule has 96 valence electrons. The zero-order valence-corrected chi connectivity index (χ0v) is 10.8. The maximum Gasteiger partial charge on any atom is 0.115 e. The number of phenolic OH excluding ortho intramolecular Hbond substituents is 1. The van der Waals surface area contributed by atoms with Gasteiger partial charge in [-0.1, -0.05) is 26.0 Å². The summed E-state index contributed by atoms with van der Waals surface area (Å²) in [6.07, 6.45) is 3.85. The van der Waals surface area contributed by atoms with Gasteiger partial charge in [-0.2, -0.15) is 0 Å². The summed E-state index contributed by atoms with van der Waals surface area (Å²) in [6.45, 7) is 5.74. The molecule has 0 saturated heterocycles. The SMILES string of the molecule is CC(C)NCc1cn(Cc2cccc(O)c2)cn1. The molecule has 2 N–H and O–H groups in total. The summed E-state index contributed by atoms with van der Waals surface area (Å²) in [5.41, 5.74) is 2.10. The molecule has 0 aliphatic carbocycles. The molecular weight excluding hydrogens is 226 g/mol. The van der Waals surface area contributed by atoms with Gasteiger partial charge in [0.15, 0.2) is 0 Å². The molecule has 1 aromatic carbocycles. The number of aromatic hydroxyl groups is 1. The highest BCUT2D eigenvalue weighted by molar-refractivity contribution is 5.27. The third-order valence-electron chi connectivity index (χ3n) is 2.65. The van der Waals surface area contributed by atoms with E-state index in [-0.39, 0.29) is 0 Å². The first-order valence-electron chi connectivity index (χ1n) is 6.15. The van der Waals surface area contributed by atoms with Gasteiger partial charge in [0.25, 0.3) is 0 Å². The van der Waals surface area contributed by atoms with E-state index in [4.69, 9.17) is 0 Å². The van der Waals surface area contributed by atoms with E-state index in [1.165, 1.54) is 0 Å². The monoisotopic (exact) mass is 245 g/mol. The van der Waals surface area contributed by atoms with Gasteiger partial charge in [-0.05, 0) is 17.7 Å². The molecule has 0 radical (unpaired) electrons. The van der Waals surface area contributed by atoms with Crippen molar-refractivity contribution in [2.24, 2.45) is 0 Å². The van der Waals surface area contributed by atoms with E-state index in [0.717, 1.165) is 24.3 Å². The van der Waals surface area contributed by atoms with Gasteiger partial charge < -0.3 is 15.0 Å². The van der Waals surface area contributed by atoms with Crippen LogP contribution in [0.4, 0.5) is 0 Å². The lowest BCUT2D eigenvalue weighted by atomic mass is 10.2. The van der Waals surface area contributed by atoms with Gasteiger partial charge in [0.2, 0.25) is 0 Å². The minimum Gasteiger partial charge on any atom is -0.508 e. The normalized spacial score (nSPS) is 11.1. The van der Waals surface area contributed by atoms with E-state index < -0.39 is 0 Å². The largest absolute Gasteiger partial charge is 0.508 e. The fourth-order valence-electron chi connectivity index (χ4n) is 1.76. The van der Waals surface area contributed by atoms with Crippen LogP contribution in [-0.2, 0) is 13.1 Å². The summed E-state index contributed by atoms with van der Waals surface area (Å²) in [5.74, 6) is 0.300. The summed E-state index contributed by atoms with van der Waals surface area (Å²) in [4.78, 5) is 4.34. The van der Waals surface area contributed by atoms with Gasteiger partial charge in [0.1, 0.15) is 5.75 Å². The predicted molar refractivity (Wildman–Crippen MR) is 71.4 cm³/mol. The first kappa shape index (κ1) is 12.6. The number of nitrogens with one attached hydrogen (secondary N) is 1. The van der Waals surface area contributed by atoms with Crippen LogP contribution in [0.3, 0.4) is 0 Å². The summed E-state index contributed by atoms with van der Waals surface area (Å²) in [6, 6.07) is 7.75. The van der Waals surface area contributed by atoms with Gasteiger partial charge in [0.05, 0.1) is 12.0 Å². The standard InChI is InChI=1S/C14H19N3O/c1-11(2)15-7-13-9-17(10-16-13)8-12-4-3-5-14(18)6-12/h3-6,9-11,15,18H,7-8H2,1-2H3. The van der Waals surface area contributed by atoms with Crippen molar-refractivity contribution < 1.29 is 5.11 Å². The molecule has 0 atom stereocenters. The number of rotatable bonds is 5. The second-order valence-corrected chi connectivity index (χ2v) is 4.74. The number of nitrogens with zero attached hydrogens (tertiary/aromatic N) is 2. The van der Waals surface area contributed by atoms with E-state index >= 15 is 0 Å². The minimum absolute atomic E-state index is 0.300. The van der Waals surface area contributed by atoms with Crippen LogP contribution < -0.4 is 5.32 Å². The molecule has 0 amide bonds. The second-order valence-electron chi connectivity index (χ2n) is 4.74. The van der Waals surface area contributed by atoms with Crippen molar-refractivity contribution in [3.8, 4) is 5.75 Å². The Morgan fingerprint density at radius 1 is 1.39 bits per heavy atom. The van der Waals surface area contributed by atoms with Gasteiger partial charge in [0, 0.05) is 25.3 Å². The quantitative estimate of drug-likeness (QED) is 0.848. The summed E-state index contributed by atoms with van der Waals surface area (Å²) in [5, 5.41) is 12.7. The van der Waals surface area contributed by atoms with Crippen LogP contribution in [0.1, 0.15) is 25.1 Å². The summed E-state index contributed by atoms with van der Waals surface area (Å²) in [7, 11) is 0. The van der Waals surface area contributed by atoms with Crippen molar-refractivity contribution in [1.82, 2.24) is 14.9 Å². The number of benzene rings is 1. The van der Waals surface area contributed by atoms with Crippen LogP contribution in [0.15, 0.2) is 36.8 Å². The molecule has 0 unspecified atom stereocenters. The number of hydrogen-bond acceptors (Lipinski definition) is 3. The first-order valence-corrected chi connectivity index (χ1v) is 6.15. The van der Waals surface area contributed by atoms with Gasteiger partial charge in [-0.3, -0.25) is 0 Å². The number of aromatic nitrogens is 2. The average molecular weight is 245 g/mol. The van der Waals surface area contributed by atoms with Crippen molar-refractivity contribution in [2.45, 2.75) is 33.0 Å². The molecule has 1 aromatic heterocycles. The lowest BCUT2D eigenvalue weighted by molar-refractivity contribution is 0.474. The Morgan fingerprint density at radius 3 is 2.94 bits per heavy atom. The second kappa shape index (κ2) is 5.69. The van der Waals surface area contributed by atoms with Gasteiger partial charge >= 0.3 is 0 Å². The van der Waals surface area contributed by atoms with Crippen LogP contribution in [0.5, 0.6) is 5.75 Å². The van der Waals surface area contributed by atoms with Crippen molar-refractivity contribution in [3.63, 3.8) is 0 Å². The molecule has 18 heavy (non-hydrogen) atoms. The zero-order chi connectivity index (χ0) is 13.0. The fraction of sp³-hybridized carbons (Fsp3) is 0.357. The molecule has 2 aromatic rings. The molecule has 4 heteroatoms. The van der Waals surface area contributed by atoms with Gasteiger partial charge in [-0.15, -0.1) is 0 Å². The highest BCUT2D eigenvalue weighted by Crippen LogP contribution is 2.12. The Balaban J connectivity index is 1.98. The van der Waals surface area contributed by atoms with E-state index in [9.17, 15) is 5.11 Å². The third-order valence-corrected chi connectivity index (χ3v) is 2.65. The molecule has 0 saturated carbocycles. The molecule has 0 spiro atoms. The number of imidazole rings is 1. The van der Waals surface area contributed by atoms with E-state index in [1.807, 2.05) is 29.2 Å². The summed E-state index contributed by atoms with van der Waals surface area (Å²) < 4.78 is 2.02. The van der Waals surface area contributed by atoms with Crippen LogP contribution in [0.2, 0.25) is 0 Å². The predicted octanol–water partition coefficient (Wildman–Crippen LogP) is 2.13. The minimum atomic E-state index is 0.300. The molecule has 0 fully saturated rings. The molecular formula is C14H19N3O. The Morgan fingerprint density at radius 2 is 2.22 bits per heavy atom. The molecule has 0 aliphatic rings. The topological polar surface area (TPSA) is 50.1 Å². The van der Waals surface area contributed by atoms with Crippen LogP contribution in [0.25, 0.3) is 0 Å². The summed E-state index contributed by atoms with van der Waals surface area (Å²) >= 11 is 0. The molecule has 0 aliphatic heterocycles. The molecule has 0 bridgehead atoms. The molecule has 2 rings (SSSR count). The molecule has 1 heterocycles. The van der Waals surface area contributed by atoms with Crippen molar-refractivity contribution in [3.05, 3.63) is 48.0 Å². The van der Waals surface area contributed by atoms with E-state index in [1.54, 1.807) is 12.1 Å². The van der Waals surface area contributed by atoms with Crippen LogP contribution in [0, 0.1) is 0 Å². The number of hydrogen-bond donors (Lipinski definition) is 2. The molecule has 4 nitrogen and oxygen atoms in total.